The van der Waals surface area contributed by atoms with Gasteiger partial charge in [0.15, 0.2) is 11.7 Å². The van der Waals surface area contributed by atoms with Gasteiger partial charge < -0.3 is 37.8 Å². The van der Waals surface area contributed by atoms with Gasteiger partial charge in [-0.2, -0.15) is 0 Å². The van der Waals surface area contributed by atoms with E-state index < -0.39 is 47.7 Å². The number of nitrogens with one attached hydrogen (secondary N) is 5. The molecule has 14 heteroatoms. The van der Waals surface area contributed by atoms with Crippen molar-refractivity contribution in [1.29, 1.82) is 5.41 Å². The van der Waals surface area contributed by atoms with Gasteiger partial charge in [0.1, 0.15) is 18.1 Å². The fraction of sp³-hybridized carbons (Fsp3) is 0.367. The van der Waals surface area contributed by atoms with Crippen molar-refractivity contribution in [2.75, 3.05) is 6.54 Å². The second-order valence-electron chi connectivity index (χ2n) is 10.1. The Bertz CT molecular complexity index is 1330. The van der Waals surface area contributed by atoms with Crippen molar-refractivity contribution in [1.82, 2.24) is 21.3 Å². The van der Waals surface area contributed by atoms with Crippen LogP contribution in [0.25, 0.3) is 0 Å². The van der Waals surface area contributed by atoms with Crippen LogP contribution >= 0.6 is 0 Å². The molecule has 0 saturated carbocycles. The number of nitrogens with two attached hydrogens (primary N) is 2. The smallest absolute Gasteiger partial charge is 0.303 e. The van der Waals surface area contributed by atoms with Crippen molar-refractivity contribution in [2.45, 2.75) is 63.6 Å². The highest BCUT2D eigenvalue weighted by atomic mass is 16.4. The number of aliphatic carboxylic acids is 1. The first-order chi connectivity index (χ1) is 20.9. The van der Waals surface area contributed by atoms with Gasteiger partial charge >= 0.3 is 5.97 Å². The van der Waals surface area contributed by atoms with Crippen molar-refractivity contribution in [3.63, 3.8) is 0 Å². The van der Waals surface area contributed by atoms with E-state index in [0.717, 1.165) is 0 Å². The van der Waals surface area contributed by atoms with Crippen LogP contribution in [0.1, 0.15) is 60.5 Å². The molecule has 0 aliphatic carbocycles. The minimum atomic E-state index is -1.24. The third-order valence-corrected chi connectivity index (χ3v) is 6.55. The average Bonchev–Trinajstić information content (AvgIpc) is 2.97. The van der Waals surface area contributed by atoms with Gasteiger partial charge in [0.2, 0.25) is 23.6 Å². The van der Waals surface area contributed by atoms with Crippen LogP contribution in [-0.2, 0) is 30.4 Å². The number of carbonyl (C=O) groups is 6. The van der Waals surface area contributed by atoms with Crippen LogP contribution < -0.4 is 32.7 Å². The number of rotatable bonds is 18. The minimum Gasteiger partial charge on any atom is -0.481 e. The Hall–Kier alpha value is -5.27. The largest absolute Gasteiger partial charge is 0.481 e. The highest BCUT2D eigenvalue weighted by Crippen LogP contribution is 2.13. The predicted octanol–water partition coefficient (Wildman–Crippen LogP) is -0.0621. The van der Waals surface area contributed by atoms with Gasteiger partial charge in [-0.15, -0.1) is 0 Å². The standard InChI is InChI=1S/C30H39N7O7/c1-18(38)35-22(10-6-16-34-30(32)33)28(43)36-23(9-5-11-25(39)40)29(44)37-24(27(31)42)17-19-12-14-21(15-13-19)26(41)20-7-3-2-4-8-20/h2-4,7-8,12-15,22-24H,5-6,9-11,16-17H2,1H3,(H2,31,42)(H,35,38)(H,36,43)(H,37,44)(H,39,40)(H4,32,33,34). The van der Waals surface area contributed by atoms with Gasteiger partial charge in [-0.25, -0.2) is 0 Å². The zero-order valence-electron chi connectivity index (χ0n) is 24.4. The maximum Gasteiger partial charge on any atom is 0.303 e. The molecule has 0 aliphatic heterocycles. The molecule has 44 heavy (non-hydrogen) atoms. The van der Waals surface area contributed by atoms with Gasteiger partial charge in [0.25, 0.3) is 0 Å². The summed E-state index contributed by atoms with van der Waals surface area (Å²) < 4.78 is 0. The molecule has 2 rings (SSSR count). The summed E-state index contributed by atoms with van der Waals surface area (Å²) in [6.07, 6.45) is 0.214. The van der Waals surface area contributed by atoms with Crippen molar-refractivity contribution in [3.8, 4) is 0 Å². The monoisotopic (exact) mass is 609 g/mol. The number of hydrogen-bond acceptors (Lipinski definition) is 7. The van der Waals surface area contributed by atoms with Crippen molar-refractivity contribution >= 4 is 41.3 Å². The fourth-order valence-corrected chi connectivity index (χ4v) is 4.32. The second kappa shape index (κ2) is 17.6. The highest BCUT2D eigenvalue weighted by molar-refractivity contribution is 6.09. The molecule has 2 aromatic carbocycles. The van der Waals surface area contributed by atoms with Crippen LogP contribution in [0, 0.1) is 5.41 Å². The fourth-order valence-electron chi connectivity index (χ4n) is 4.32. The third kappa shape index (κ3) is 12.3. The third-order valence-electron chi connectivity index (χ3n) is 6.55. The van der Waals surface area contributed by atoms with Gasteiger partial charge in [-0.3, -0.25) is 34.2 Å². The Morgan fingerprint density at radius 2 is 1.32 bits per heavy atom. The number of carboxylic acid groups (broad SMARTS) is 1. The maximum atomic E-state index is 13.3. The number of benzene rings is 2. The van der Waals surface area contributed by atoms with E-state index in [1.165, 1.54) is 6.92 Å². The molecule has 236 valence electrons. The zero-order chi connectivity index (χ0) is 32.6. The molecule has 0 fully saturated rings. The van der Waals surface area contributed by atoms with Crippen molar-refractivity contribution in [3.05, 3.63) is 71.3 Å². The molecular formula is C30H39N7O7. The summed E-state index contributed by atoms with van der Waals surface area (Å²) in [4.78, 5) is 74.1. The minimum absolute atomic E-state index is 0.00562. The van der Waals surface area contributed by atoms with Gasteiger partial charge in [0, 0.05) is 37.4 Å². The lowest BCUT2D eigenvalue weighted by atomic mass is 9.99. The lowest BCUT2D eigenvalue weighted by molar-refractivity contribution is -0.137. The highest BCUT2D eigenvalue weighted by Gasteiger charge is 2.29. The molecule has 2 aromatic rings. The number of carbonyl (C=O) groups excluding carboxylic acids is 5. The van der Waals surface area contributed by atoms with Gasteiger partial charge in [-0.05, 0) is 31.2 Å². The van der Waals surface area contributed by atoms with Gasteiger partial charge in [0.05, 0.1) is 0 Å². The Labute approximate surface area is 254 Å². The number of carboxylic acids is 1. The Balaban J connectivity index is 2.14. The molecule has 0 bridgehead atoms. The molecule has 0 aliphatic rings. The number of guanidine groups is 1. The Kier molecular flexibility index (Phi) is 14.0. The van der Waals surface area contributed by atoms with E-state index in [9.17, 15) is 28.8 Å². The summed E-state index contributed by atoms with van der Waals surface area (Å²) in [6.45, 7) is 1.50. The summed E-state index contributed by atoms with van der Waals surface area (Å²) in [7, 11) is 0. The zero-order valence-corrected chi connectivity index (χ0v) is 24.4. The summed E-state index contributed by atoms with van der Waals surface area (Å²) in [5.74, 6) is -4.29. The summed E-state index contributed by atoms with van der Waals surface area (Å²) in [6, 6.07) is 11.8. The molecule has 0 heterocycles. The number of ketones is 1. The second-order valence-corrected chi connectivity index (χ2v) is 10.1. The molecule has 0 spiro atoms. The molecular weight excluding hydrogens is 570 g/mol. The first-order valence-corrected chi connectivity index (χ1v) is 14.0. The van der Waals surface area contributed by atoms with E-state index in [4.69, 9.17) is 22.0 Å². The Morgan fingerprint density at radius 1 is 0.773 bits per heavy atom. The molecule has 3 unspecified atom stereocenters. The maximum absolute atomic E-state index is 13.3. The van der Waals surface area contributed by atoms with Crippen molar-refractivity contribution in [2.24, 2.45) is 11.5 Å². The molecule has 14 nitrogen and oxygen atoms in total. The van der Waals surface area contributed by atoms with Crippen molar-refractivity contribution < 1.29 is 33.9 Å². The normalized spacial score (nSPS) is 12.6. The van der Waals surface area contributed by atoms with Crippen LogP contribution in [0.2, 0.25) is 0 Å². The van der Waals surface area contributed by atoms with E-state index in [1.54, 1.807) is 54.6 Å². The topological polar surface area (TPSA) is 247 Å². The van der Waals surface area contributed by atoms with Crippen LogP contribution in [0.4, 0.5) is 0 Å². The summed E-state index contributed by atoms with van der Waals surface area (Å²) in [5.41, 5.74) is 12.4. The SMILES string of the molecule is CC(=O)NC(CCCNC(=N)N)C(=O)NC(CCCC(=O)O)C(=O)NC(Cc1ccc(C(=O)c2ccccc2)cc1)C(N)=O. The molecule has 0 radical (unpaired) electrons. The first kappa shape index (κ1) is 34.9. The van der Waals surface area contributed by atoms with E-state index in [2.05, 4.69) is 21.3 Å². The molecule has 3 atom stereocenters. The van der Waals surface area contributed by atoms with E-state index in [-0.39, 0.29) is 50.4 Å². The van der Waals surface area contributed by atoms with E-state index in [0.29, 0.717) is 23.1 Å². The average molecular weight is 610 g/mol. The Morgan fingerprint density at radius 3 is 1.86 bits per heavy atom. The number of amides is 4. The lowest BCUT2D eigenvalue weighted by Gasteiger charge is -2.25. The molecule has 0 saturated heterocycles. The van der Waals surface area contributed by atoms with E-state index in [1.807, 2.05) is 0 Å². The molecule has 0 aromatic heterocycles. The van der Waals surface area contributed by atoms with E-state index >= 15 is 0 Å². The van der Waals surface area contributed by atoms with Crippen LogP contribution in [0.5, 0.6) is 0 Å². The summed E-state index contributed by atoms with van der Waals surface area (Å²) in [5, 5.41) is 26.5. The molecule has 4 amide bonds. The van der Waals surface area contributed by atoms with Gasteiger partial charge in [-0.1, -0.05) is 54.6 Å². The number of primary amides is 1. The lowest BCUT2D eigenvalue weighted by Crippen LogP contribution is -2.56. The molecule has 10 N–H and O–H groups in total. The first-order valence-electron chi connectivity index (χ1n) is 14.0. The van der Waals surface area contributed by atoms with Crippen LogP contribution in [0.3, 0.4) is 0 Å². The quantitative estimate of drug-likeness (QED) is 0.0487. The van der Waals surface area contributed by atoms with Crippen LogP contribution in [-0.4, -0.2) is 71.1 Å². The van der Waals surface area contributed by atoms with Crippen LogP contribution in [0.15, 0.2) is 54.6 Å². The summed E-state index contributed by atoms with van der Waals surface area (Å²) >= 11 is 0. The predicted molar refractivity (Wildman–Crippen MR) is 161 cm³/mol. The number of hydrogen-bond donors (Lipinski definition) is 8.